The van der Waals surface area contributed by atoms with Crippen LogP contribution >= 0.6 is 0 Å². The summed E-state index contributed by atoms with van der Waals surface area (Å²) >= 11 is 0. The summed E-state index contributed by atoms with van der Waals surface area (Å²) in [4.78, 5) is 0. The van der Waals surface area contributed by atoms with Gasteiger partial charge < -0.3 is 5.32 Å². The predicted molar refractivity (Wildman–Crippen MR) is 82.8 cm³/mol. The number of allylic oxidation sites excluding steroid dienone is 2. The minimum Gasteiger partial charge on any atom is -0.303 e. The predicted octanol–water partition coefficient (Wildman–Crippen LogP) is 3.14. The summed E-state index contributed by atoms with van der Waals surface area (Å²) in [7, 11) is 0. The highest BCUT2D eigenvalue weighted by Crippen LogP contribution is 2.27. The minimum absolute atomic E-state index is 0.531. The van der Waals surface area contributed by atoms with Crippen LogP contribution in [0.2, 0.25) is 0 Å². The van der Waals surface area contributed by atoms with Gasteiger partial charge in [0.05, 0.1) is 5.57 Å². The van der Waals surface area contributed by atoms with Crippen LogP contribution in [0.3, 0.4) is 0 Å². The summed E-state index contributed by atoms with van der Waals surface area (Å²) in [5, 5.41) is 2.34. The molecule has 1 aliphatic carbocycles. The molecule has 2 N–H and O–H groups in total. The van der Waals surface area contributed by atoms with Crippen LogP contribution in [0.15, 0.2) is 84.5 Å². The molecule has 0 saturated heterocycles. The lowest BCUT2D eigenvalue weighted by Gasteiger charge is -2.28. The van der Waals surface area contributed by atoms with Gasteiger partial charge in [0.15, 0.2) is 0 Å². The maximum atomic E-state index is 2.34. The van der Waals surface area contributed by atoms with E-state index in [0.29, 0.717) is 6.04 Å². The Labute approximate surface area is 119 Å². The molecule has 0 fully saturated rings. The van der Waals surface area contributed by atoms with Crippen LogP contribution in [-0.4, -0.2) is 6.04 Å². The molecule has 96 valence electrons. The van der Waals surface area contributed by atoms with Crippen LogP contribution in [0.1, 0.15) is 5.56 Å². The summed E-state index contributed by atoms with van der Waals surface area (Å²) in [6, 6.07) is 19.9. The Kier molecular flexibility index (Phi) is 2.65. The molecule has 0 spiro atoms. The molecule has 1 nitrogen and oxygen atoms in total. The first kappa shape index (κ1) is 11.4. The van der Waals surface area contributed by atoms with Crippen LogP contribution in [0.25, 0.3) is 16.8 Å². The summed E-state index contributed by atoms with van der Waals surface area (Å²) in [6.07, 6.45) is 8.72. The Morgan fingerprint density at radius 3 is 2.15 bits per heavy atom. The smallest absolute Gasteiger partial charge is 0.147 e. The van der Waals surface area contributed by atoms with Crippen molar-refractivity contribution < 1.29 is 5.32 Å². The molecule has 1 heterocycles. The van der Waals surface area contributed by atoms with E-state index in [1.165, 1.54) is 28.0 Å². The molecule has 0 aromatic heterocycles. The van der Waals surface area contributed by atoms with Gasteiger partial charge in [-0.2, -0.15) is 0 Å². The van der Waals surface area contributed by atoms with Crippen molar-refractivity contribution in [1.29, 1.82) is 0 Å². The highest BCUT2D eigenvalue weighted by atomic mass is 15.0. The lowest BCUT2D eigenvalue weighted by Crippen LogP contribution is -2.93. The highest BCUT2D eigenvalue weighted by molar-refractivity contribution is 5.73. The molecule has 0 radical (unpaired) electrons. The third-order valence-electron chi connectivity index (χ3n) is 4.02. The standard InChI is InChI=1S/C19H15N/c1-2-6-14(7-3-1)15-10-12-16(13-11-15)19-17-8-4-5-9-18(17)20-19/h1-13,18,20H/p+1. The van der Waals surface area contributed by atoms with Crippen molar-refractivity contribution in [2.45, 2.75) is 6.04 Å². The first-order chi connectivity index (χ1) is 9.92. The minimum atomic E-state index is 0.531. The van der Waals surface area contributed by atoms with Gasteiger partial charge in [-0.3, -0.25) is 0 Å². The van der Waals surface area contributed by atoms with Crippen molar-refractivity contribution in [3.05, 3.63) is 90.0 Å². The first-order valence-corrected chi connectivity index (χ1v) is 7.01. The van der Waals surface area contributed by atoms with Gasteiger partial charge in [-0.05, 0) is 35.4 Å². The number of fused-ring (bicyclic) bond motifs is 1. The van der Waals surface area contributed by atoms with E-state index in [1.54, 1.807) is 0 Å². The molecule has 0 bridgehead atoms. The number of benzene rings is 2. The van der Waals surface area contributed by atoms with E-state index in [0.717, 1.165) is 0 Å². The molecule has 0 amide bonds. The molecule has 1 heteroatoms. The highest BCUT2D eigenvalue weighted by Gasteiger charge is 2.32. The van der Waals surface area contributed by atoms with Gasteiger partial charge in [0, 0.05) is 5.56 Å². The normalized spacial score (nSPS) is 19.7. The van der Waals surface area contributed by atoms with Crippen LogP contribution < -0.4 is 5.32 Å². The van der Waals surface area contributed by atoms with Gasteiger partial charge in [-0.25, -0.2) is 0 Å². The van der Waals surface area contributed by atoms with Crippen molar-refractivity contribution in [1.82, 2.24) is 0 Å². The Morgan fingerprint density at radius 1 is 0.700 bits per heavy atom. The van der Waals surface area contributed by atoms with E-state index >= 15 is 0 Å². The largest absolute Gasteiger partial charge is 0.303 e. The summed E-state index contributed by atoms with van der Waals surface area (Å²) in [6.45, 7) is 0. The Morgan fingerprint density at radius 2 is 1.40 bits per heavy atom. The van der Waals surface area contributed by atoms with Crippen molar-refractivity contribution in [2.24, 2.45) is 0 Å². The van der Waals surface area contributed by atoms with Gasteiger partial charge in [0.25, 0.3) is 0 Å². The van der Waals surface area contributed by atoms with Gasteiger partial charge in [-0.1, -0.05) is 54.6 Å². The average molecular weight is 258 g/mol. The van der Waals surface area contributed by atoms with Crippen molar-refractivity contribution in [3.8, 4) is 11.1 Å². The quantitative estimate of drug-likeness (QED) is 0.852. The lowest BCUT2D eigenvalue weighted by molar-refractivity contribution is -0.605. The summed E-state index contributed by atoms with van der Waals surface area (Å²) in [5.41, 5.74) is 6.69. The fourth-order valence-corrected chi connectivity index (χ4v) is 2.89. The fraction of sp³-hybridized carbons (Fsp3) is 0.0526. The third-order valence-corrected chi connectivity index (χ3v) is 4.02. The summed E-state index contributed by atoms with van der Waals surface area (Å²) in [5.74, 6) is 0. The number of rotatable bonds is 2. The molecule has 0 saturated carbocycles. The zero-order chi connectivity index (χ0) is 13.4. The fourth-order valence-electron chi connectivity index (χ4n) is 2.89. The molecule has 2 aromatic rings. The second kappa shape index (κ2) is 4.62. The number of hydrogen-bond donors (Lipinski definition) is 1. The van der Waals surface area contributed by atoms with E-state index in [1.807, 2.05) is 0 Å². The average Bonchev–Trinajstić information content (AvgIpc) is 2.50. The van der Waals surface area contributed by atoms with Crippen molar-refractivity contribution in [3.63, 3.8) is 0 Å². The van der Waals surface area contributed by atoms with E-state index < -0.39 is 0 Å². The van der Waals surface area contributed by atoms with Gasteiger partial charge in [0.1, 0.15) is 11.7 Å². The Balaban J connectivity index is 1.66. The molecule has 2 aliphatic rings. The Hall–Kier alpha value is -2.38. The van der Waals surface area contributed by atoms with E-state index in [4.69, 9.17) is 0 Å². The monoisotopic (exact) mass is 258 g/mol. The molecule has 1 aliphatic heterocycles. The van der Waals surface area contributed by atoms with Gasteiger partial charge in [0.2, 0.25) is 0 Å². The van der Waals surface area contributed by atoms with Gasteiger partial charge in [-0.15, -0.1) is 0 Å². The number of hydrogen-bond acceptors (Lipinski definition) is 0. The third kappa shape index (κ3) is 1.84. The zero-order valence-electron chi connectivity index (χ0n) is 11.2. The van der Waals surface area contributed by atoms with Gasteiger partial charge >= 0.3 is 0 Å². The second-order valence-electron chi connectivity index (χ2n) is 5.25. The van der Waals surface area contributed by atoms with Crippen molar-refractivity contribution >= 4 is 5.70 Å². The molecule has 1 unspecified atom stereocenters. The maximum absolute atomic E-state index is 2.34. The maximum Gasteiger partial charge on any atom is 0.147 e. The number of quaternary nitrogens is 1. The lowest BCUT2D eigenvalue weighted by atomic mass is 9.88. The number of nitrogens with two attached hydrogens (primary N) is 1. The molecular formula is C19H16N+. The Bertz CT molecular complexity index is 718. The SMILES string of the molecule is C1=CC2=C(c3ccc(-c4ccccc4)cc3)[NH2+]C2C=C1. The van der Waals surface area contributed by atoms with Crippen LogP contribution in [0.5, 0.6) is 0 Å². The van der Waals surface area contributed by atoms with E-state index in [2.05, 4.69) is 84.2 Å². The zero-order valence-corrected chi connectivity index (χ0v) is 11.2. The first-order valence-electron chi connectivity index (χ1n) is 7.01. The van der Waals surface area contributed by atoms with Crippen LogP contribution in [0.4, 0.5) is 0 Å². The molecule has 4 rings (SSSR count). The van der Waals surface area contributed by atoms with E-state index in [9.17, 15) is 0 Å². The second-order valence-corrected chi connectivity index (χ2v) is 5.25. The van der Waals surface area contributed by atoms with Crippen LogP contribution in [-0.2, 0) is 0 Å². The molecular weight excluding hydrogens is 242 g/mol. The molecule has 20 heavy (non-hydrogen) atoms. The molecule has 2 aromatic carbocycles. The molecule has 1 atom stereocenters. The van der Waals surface area contributed by atoms with E-state index in [-0.39, 0.29) is 0 Å². The van der Waals surface area contributed by atoms with Crippen molar-refractivity contribution in [2.75, 3.05) is 0 Å². The summed E-state index contributed by atoms with van der Waals surface area (Å²) < 4.78 is 0. The van der Waals surface area contributed by atoms with Crippen LogP contribution in [0, 0.1) is 0 Å². The topological polar surface area (TPSA) is 16.6 Å².